The number of hydrogen-bond acceptors (Lipinski definition) is 22. The highest BCUT2D eigenvalue weighted by atomic mass is 35.7. The maximum absolute atomic E-state index is 15.7. The lowest BCUT2D eigenvalue weighted by Gasteiger charge is -2.25. The summed E-state index contributed by atoms with van der Waals surface area (Å²) in [5.74, 6) is -0.850. The fourth-order valence-electron chi connectivity index (χ4n) is 7.42. The molecule has 12 atom stereocenters. The lowest BCUT2D eigenvalue weighted by atomic mass is 9.98. The number of carbonyl (C=O) groups excluding carboxylic acids is 2. The minimum atomic E-state index is -4.23. The molecule has 2 aliphatic rings. The van der Waals surface area contributed by atoms with Gasteiger partial charge in [0, 0.05) is 0 Å². The molecule has 25 nitrogen and oxygen atoms in total. The number of nitrogen functional groups attached to an aromatic ring is 2. The maximum Gasteiger partial charge on any atom is 0.459 e. The Morgan fingerprint density at radius 3 is 1.67 bits per heavy atom. The summed E-state index contributed by atoms with van der Waals surface area (Å²) in [6.07, 6.45) is -2.97. The average molecular weight is 1080 g/mol. The molecule has 4 aromatic heterocycles. The zero-order chi connectivity index (χ0) is 53.5. The van der Waals surface area contributed by atoms with E-state index in [0.717, 1.165) is 6.92 Å². The van der Waals surface area contributed by atoms with Gasteiger partial charge < -0.3 is 54.8 Å². The van der Waals surface area contributed by atoms with E-state index in [2.05, 4.69) is 44.5 Å². The molecule has 6 heterocycles. The van der Waals surface area contributed by atoms with E-state index in [0.29, 0.717) is 16.9 Å². The first kappa shape index (κ1) is 56.3. The number of esters is 2. The first-order chi connectivity index (χ1) is 34.5. The monoisotopic (exact) mass is 1080 g/mol. The molecule has 2 aliphatic heterocycles. The smallest absolute Gasteiger partial charge is 0.459 e. The van der Waals surface area contributed by atoms with Crippen LogP contribution in [0.4, 0.5) is 20.4 Å². The van der Waals surface area contributed by atoms with Crippen molar-refractivity contribution in [3.63, 3.8) is 0 Å². The van der Waals surface area contributed by atoms with Gasteiger partial charge in [-0.2, -0.15) is 5.09 Å². The SMILES string of the molecule is COC(=O)[C@H](C)CP(=O)(Cl)Oc1ccccc1.COC(=O)[C@H](C)NP(=O)(OC[C@H]1O[C@@H](n2cnc3c(N)ncnc32)[C@](C)(F)[C@@H]1O)Oc1ccccc1.C[C@@]1(F)[C@H](O)[C@@H](CO)O[C@H]1n1cnc2c(N)ncnc21. The molecule has 8 N–H and O–H groups in total. The van der Waals surface area contributed by atoms with E-state index in [-0.39, 0.29) is 34.7 Å². The fraction of sp³-hybridized carbons (Fsp3) is 0.442. The van der Waals surface area contributed by atoms with E-state index >= 15 is 4.39 Å². The fourth-order valence-corrected chi connectivity index (χ4v) is 11.1. The number of carbonyl (C=O) groups is 2. The highest BCUT2D eigenvalue weighted by Crippen LogP contribution is 2.54. The quantitative estimate of drug-likeness (QED) is 0.0576. The Kier molecular flexibility index (Phi) is 18.1. The van der Waals surface area contributed by atoms with Crippen molar-refractivity contribution in [2.75, 3.05) is 45.1 Å². The van der Waals surface area contributed by atoms with Crippen LogP contribution in [0.15, 0.2) is 86.0 Å². The second-order valence-corrected chi connectivity index (χ2v) is 21.7. The summed E-state index contributed by atoms with van der Waals surface area (Å²) in [6.45, 7) is 0.950. The van der Waals surface area contributed by atoms with Gasteiger partial charge in [-0.15, -0.1) is 0 Å². The van der Waals surface area contributed by atoms with E-state index in [4.69, 9.17) is 50.9 Å². The van der Waals surface area contributed by atoms with Gasteiger partial charge in [-0.1, -0.05) is 43.3 Å². The van der Waals surface area contributed by atoms with Gasteiger partial charge in [-0.3, -0.25) is 27.8 Å². The molecule has 73 heavy (non-hydrogen) atoms. The molecule has 0 bridgehead atoms. The number of fused-ring (bicyclic) bond motifs is 2. The number of anilines is 2. The zero-order valence-corrected chi connectivity index (χ0v) is 42.5. The van der Waals surface area contributed by atoms with Gasteiger partial charge in [-0.05, 0) is 56.3 Å². The molecule has 30 heteroatoms. The first-order valence-electron chi connectivity index (χ1n) is 21.9. The number of imidazole rings is 2. The van der Waals surface area contributed by atoms with E-state index < -0.39 is 99.8 Å². The summed E-state index contributed by atoms with van der Waals surface area (Å²) in [4.78, 5) is 46.9. The number of nitrogens with zero attached hydrogens (tertiary/aromatic N) is 8. The maximum atomic E-state index is 15.7. The third-order valence-corrected chi connectivity index (χ3v) is 15.0. The number of nitrogens with two attached hydrogens (primary N) is 2. The number of methoxy groups -OCH3 is 2. The second-order valence-electron chi connectivity index (χ2n) is 16.8. The summed E-state index contributed by atoms with van der Waals surface area (Å²) in [6, 6.07) is 15.6. The molecule has 0 aliphatic carbocycles. The molecule has 0 saturated carbocycles. The minimum absolute atomic E-state index is 0.0594. The van der Waals surface area contributed by atoms with Crippen LogP contribution in [0.1, 0.15) is 40.2 Å². The molecule has 396 valence electrons. The van der Waals surface area contributed by atoms with Gasteiger partial charge in [0.15, 0.2) is 46.7 Å². The van der Waals surface area contributed by atoms with Gasteiger partial charge in [0.1, 0.15) is 65.6 Å². The Hall–Kier alpha value is -5.99. The molecule has 0 radical (unpaired) electrons. The van der Waals surface area contributed by atoms with E-state index in [1.165, 1.54) is 74.6 Å². The number of nitrogens with one attached hydrogen (secondary N) is 1. The van der Waals surface area contributed by atoms with Crippen LogP contribution >= 0.6 is 25.7 Å². The molecule has 2 aromatic carbocycles. The van der Waals surface area contributed by atoms with E-state index in [1.54, 1.807) is 49.4 Å². The topological polar surface area (TPSA) is 345 Å². The van der Waals surface area contributed by atoms with Crippen molar-refractivity contribution in [2.24, 2.45) is 5.92 Å². The lowest BCUT2D eigenvalue weighted by Crippen LogP contribution is -2.41. The molecule has 2 unspecified atom stereocenters. The molecular weight excluding hydrogens is 1030 g/mol. The number of aliphatic hydroxyl groups is 3. The van der Waals surface area contributed by atoms with Gasteiger partial charge in [0.25, 0.3) is 0 Å². The van der Waals surface area contributed by atoms with Gasteiger partial charge >= 0.3 is 26.4 Å². The number of alkyl halides is 2. The minimum Gasteiger partial charge on any atom is -0.469 e. The Bertz CT molecular complexity index is 2930. The first-order valence-corrected chi connectivity index (χ1v) is 26.2. The van der Waals surface area contributed by atoms with Crippen LogP contribution < -0.4 is 25.6 Å². The van der Waals surface area contributed by atoms with Crippen molar-refractivity contribution >= 4 is 71.6 Å². The summed E-state index contributed by atoms with van der Waals surface area (Å²) in [7, 11) is -1.78. The third kappa shape index (κ3) is 13.0. The van der Waals surface area contributed by atoms with E-state index in [1.807, 2.05) is 6.07 Å². The van der Waals surface area contributed by atoms with Crippen molar-refractivity contribution in [1.82, 2.24) is 44.1 Å². The van der Waals surface area contributed by atoms with Gasteiger partial charge in [0.05, 0.1) is 52.2 Å². The molecule has 0 amide bonds. The Morgan fingerprint density at radius 1 is 0.767 bits per heavy atom. The molecule has 2 saturated heterocycles. The number of halogens is 3. The summed E-state index contributed by atoms with van der Waals surface area (Å²) in [5, 5.41) is 32.2. The predicted molar refractivity (Wildman–Crippen MR) is 257 cm³/mol. The molecule has 0 spiro atoms. The molecule has 2 fully saturated rings. The summed E-state index contributed by atoms with van der Waals surface area (Å²) in [5.41, 5.74) is 8.13. The standard InChI is InChI=1S/C21H26FN6O7P.C11H14ClO4P.C11H14FN5O3/c1-12(19(30)32-3)27-36(31,35-13-7-5-4-6-8-13)33-9-14-16(29)21(2,22)20(34-14)28-11-26-15-17(23)24-10-25-18(15)28;1-9(11(13)15-2)8-17(12,14)16-10-6-4-3-5-7-10;1-11(12)7(19)5(2-18)20-10(11)17-4-16-6-8(13)14-3-15-9(6)17/h4-8,10-12,14,16,20,29H,9H2,1-3H3,(H,27,31)(H2,23,24,25);3-7,9H,8H2,1-2H3;3-5,7,10,18-19H,2H2,1H3,(H2,13,14,15)/t12-,14+,16+,20+,21+,36?;9-,17?;5-,7-,10-,11-/m011/s1. The number of rotatable bonds is 16. The highest BCUT2D eigenvalue weighted by Gasteiger charge is 2.57. The molecule has 6 aromatic rings. The Morgan fingerprint density at radius 2 is 1.22 bits per heavy atom. The van der Waals surface area contributed by atoms with Crippen LogP contribution in [0.5, 0.6) is 11.5 Å². The van der Waals surface area contributed by atoms with Crippen molar-refractivity contribution < 1.29 is 75.3 Å². The van der Waals surface area contributed by atoms with Crippen LogP contribution in [0.3, 0.4) is 0 Å². The number of aromatic nitrogens is 8. The molecule has 8 rings (SSSR count). The van der Waals surface area contributed by atoms with Crippen LogP contribution in [0, 0.1) is 5.92 Å². The van der Waals surface area contributed by atoms with Crippen LogP contribution in [-0.2, 0) is 42.2 Å². The highest BCUT2D eigenvalue weighted by molar-refractivity contribution is 7.85. The predicted octanol–water partition coefficient (Wildman–Crippen LogP) is 4.44. The number of para-hydroxylation sites is 2. The van der Waals surface area contributed by atoms with Crippen LogP contribution in [0.25, 0.3) is 22.3 Å². The number of ether oxygens (including phenoxy) is 4. The summed E-state index contributed by atoms with van der Waals surface area (Å²) < 4.78 is 95.0. The normalized spacial score (nSPS) is 26.0. The summed E-state index contributed by atoms with van der Waals surface area (Å²) >= 11 is 5.79. The van der Waals surface area contributed by atoms with Crippen molar-refractivity contribution in [2.45, 2.75) is 81.9 Å². The van der Waals surface area contributed by atoms with Crippen LogP contribution in [0.2, 0.25) is 0 Å². The Balaban J connectivity index is 0.000000198. The Labute approximate surface area is 420 Å². The van der Waals surface area contributed by atoms with Crippen molar-refractivity contribution in [3.05, 3.63) is 86.0 Å². The zero-order valence-electron chi connectivity index (χ0n) is 39.9. The number of aliphatic hydroxyl groups excluding tert-OH is 3. The number of benzene rings is 2. The van der Waals surface area contributed by atoms with Crippen molar-refractivity contribution in [1.29, 1.82) is 0 Å². The lowest BCUT2D eigenvalue weighted by molar-refractivity contribution is -0.144. The third-order valence-electron chi connectivity index (χ3n) is 11.3. The van der Waals surface area contributed by atoms with Gasteiger partial charge in [-0.25, -0.2) is 43.2 Å². The van der Waals surface area contributed by atoms with Crippen LogP contribution in [-0.4, -0.2) is 142 Å². The average Bonchev–Trinajstić information content (AvgIpc) is 4.10. The molecular formula is C43H54ClF2N11O14P2. The number of hydrogen-bond donors (Lipinski definition) is 6. The second kappa shape index (κ2) is 23.5. The largest absolute Gasteiger partial charge is 0.469 e. The van der Waals surface area contributed by atoms with E-state index in [9.17, 15) is 33.3 Å². The van der Waals surface area contributed by atoms with Crippen molar-refractivity contribution in [3.8, 4) is 11.5 Å². The van der Waals surface area contributed by atoms with Gasteiger partial charge in [0.2, 0.25) is 0 Å².